The van der Waals surface area contributed by atoms with E-state index < -0.39 is 0 Å². The zero-order valence-corrected chi connectivity index (χ0v) is 13.7. The van der Waals surface area contributed by atoms with Gasteiger partial charge in [0.25, 0.3) is 0 Å². The number of β-amino-alcohol motifs (C(OH)–C–C–N with tert-alkyl or cyclic N) is 1. The van der Waals surface area contributed by atoms with Crippen molar-refractivity contribution in [1.29, 1.82) is 0 Å². The summed E-state index contributed by atoms with van der Waals surface area (Å²) >= 11 is 7.58. The Labute approximate surface area is 134 Å². The molecule has 1 aromatic heterocycles. The Kier molecular flexibility index (Phi) is 5.19. The summed E-state index contributed by atoms with van der Waals surface area (Å²) < 4.78 is 0.826. The summed E-state index contributed by atoms with van der Waals surface area (Å²) in [6.07, 6.45) is 2.21. The molecule has 2 N–H and O–H groups in total. The Morgan fingerprint density at radius 2 is 1.90 bits per heavy atom. The highest BCUT2D eigenvalue weighted by Crippen LogP contribution is 2.26. The lowest BCUT2D eigenvalue weighted by atomic mass is 9.96. The Hall–Kier alpha value is -0.170. The molecule has 118 valence electrons. The van der Waals surface area contributed by atoms with Gasteiger partial charge in [-0.25, -0.2) is 0 Å². The fraction of sp³-hybridized carbons (Fsp3) is 0.733. The molecule has 3 heterocycles. The van der Waals surface area contributed by atoms with Crippen LogP contribution in [0.4, 0.5) is 0 Å². The largest absolute Gasteiger partial charge is 0.393 e. The molecule has 21 heavy (non-hydrogen) atoms. The maximum Gasteiger partial charge on any atom is 0.0931 e. The molecule has 0 radical (unpaired) electrons. The molecule has 2 atom stereocenters. The van der Waals surface area contributed by atoms with Crippen molar-refractivity contribution in [2.24, 2.45) is 0 Å². The van der Waals surface area contributed by atoms with Gasteiger partial charge in [-0.3, -0.25) is 9.80 Å². The minimum atomic E-state index is -0.301. The molecule has 0 aliphatic carbocycles. The Morgan fingerprint density at radius 1 is 1.14 bits per heavy atom. The average molecular weight is 331 g/mol. The first-order chi connectivity index (χ1) is 10.1. The van der Waals surface area contributed by atoms with Gasteiger partial charge in [-0.05, 0) is 31.4 Å². The van der Waals surface area contributed by atoms with Crippen LogP contribution in [0.1, 0.15) is 24.1 Å². The van der Waals surface area contributed by atoms with Crippen molar-refractivity contribution >= 4 is 22.9 Å². The highest BCUT2D eigenvalue weighted by Gasteiger charge is 2.33. The zero-order valence-electron chi connectivity index (χ0n) is 12.1. The summed E-state index contributed by atoms with van der Waals surface area (Å²) in [6, 6.07) is 4.25. The number of rotatable bonds is 3. The fourth-order valence-electron chi connectivity index (χ4n) is 3.43. The molecule has 0 aromatic carbocycles. The van der Waals surface area contributed by atoms with Gasteiger partial charge in [0.15, 0.2) is 0 Å². The Morgan fingerprint density at radius 3 is 2.52 bits per heavy atom. The van der Waals surface area contributed by atoms with Gasteiger partial charge in [-0.1, -0.05) is 11.6 Å². The van der Waals surface area contributed by atoms with Gasteiger partial charge in [0.2, 0.25) is 0 Å². The summed E-state index contributed by atoms with van der Waals surface area (Å²) in [4.78, 5) is 5.92. The summed E-state index contributed by atoms with van der Waals surface area (Å²) in [5.74, 6) is 0. The molecule has 0 unspecified atom stereocenters. The van der Waals surface area contributed by atoms with Crippen LogP contribution >= 0.6 is 22.9 Å². The molecule has 2 aliphatic heterocycles. The number of aliphatic hydroxyl groups excluding tert-OH is 2. The highest BCUT2D eigenvalue weighted by atomic mass is 35.5. The van der Waals surface area contributed by atoms with E-state index in [4.69, 9.17) is 11.6 Å². The number of halogens is 1. The second-order valence-corrected chi connectivity index (χ2v) is 7.93. The Balaban J connectivity index is 1.52. The lowest BCUT2D eigenvalue weighted by molar-refractivity contribution is -0.0353. The fourth-order valence-corrected chi connectivity index (χ4v) is 4.56. The minimum Gasteiger partial charge on any atom is -0.393 e. The lowest BCUT2D eigenvalue weighted by Gasteiger charge is -2.43. The van der Waals surface area contributed by atoms with Crippen LogP contribution in [0, 0.1) is 0 Å². The van der Waals surface area contributed by atoms with Crippen molar-refractivity contribution in [3.05, 3.63) is 21.3 Å². The van der Waals surface area contributed by atoms with Gasteiger partial charge in [0.1, 0.15) is 0 Å². The SMILES string of the molecule is OC1CCN([C@@H]2CCN(Cc3ccc(Cl)s3)C[C@H]2O)CC1. The van der Waals surface area contributed by atoms with E-state index in [1.807, 2.05) is 6.07 Å². The van der Waals surface area contributed by atoms with Gasteiger partial charge < -0.3 is 10.2 Å². The smallest absolute Gasteiger partial charge is 0.0931 e. The van der Waals surface area contributed by atoms with Crippen LogP contribution in [0.5, 0.6) is 0 Å². The van der Waals surface area contributed by atoms with E-state index in [1.54, 1.807) is 11.3 Å². The van der Waals surface area contributed by atoms with Crippen molar-refractivity contribution in [3.63, 3.8) is 0 Å². The normalized spacial score (nSPS) is 29.9. The third-order valence-electron chi connectivity index (χ3n) is 4.61. The predicted octanol–water partition coefficient (Wildman–Crippen LogP) is 1.79. The second kappa shape index (κ2) is 6.94. The van der Waals surface area contributed by atoms with Crippen molar-refractivity contribution in [1.82, 2.24) is 9.80 Å². The third kappa shape index (κ3) is 3.97. The quantitative estimate of drug-likeness (QED) is 0.887. The van der Waals surface area contributed by atoms with E-state index in [2.05, 4.69) is 15.9 Å². The van der Waals surface area contributed by atoms with E-state index in [9.17, 15) is 10.2 Å². The standard InChI is InChI=1S/C15H23ClN2O2S/c16-15-2-1-12(21-15)9-17-6-5-13(14(20)10-17)18-7-3-11(19)4-8-18/h1-2,11,13-14,19-20H,3-10H2/t13-,14-/m1/s1. The molecular formula is C15H23ClN2O2S. The topological polar surface area (TPSA) is 46.9 Å². The summed E-state index contributed by atoms with van der Waals surface area (Å²) in [7, 11) is 0. The summed E-state index contributed by atoms with van der Waals surface area (Å²) in [6.45, 7) is 4.42. The monoisotopic (exact) mass is 330 g/mol. The number of piperidine rings is 2. The average Bonchev–Trinajstić information content (AvgIpc) is 2.86. The number of aliphatic hydroxyl groups is 2. The zero-order chi connectivity index (χ0) is 14.8. The Bertz CT molecular complexity index is 462. The number of hydrogen-bond acceptors (Lipinski definition) is 5. The molecule has 3 rings (SSSR count). The molecule has 2 aliphatic rings. The lowest BCUT2D eigenvalue weighted by Crippen LogP contribution is -2.55. The van der Waals surface area contributed by atoms with Crippen molar-refractivity contribution in [2.45, 2.75) is 44.1 Å². The van der Waals surface area contributed by atoms with E-state index in [0.29, 0.717) is 0 Å². The first-order valence-corrected chi connectivity index (χ1v) is 8.88. The minimum absolute atomic E-state index is 0.151. The second-order valence-electron chi connectivity index (χ2n) is 6.13. The molecule has 2 saturated heterocycles. The van der Waals surface area contributed by atoms with E-state index >= 15 is 0 Å². The number of hydrogen-bond donors (Lipinski definition) is 2. The summed E-state index contributed by atoms with van der Waals surface area (Å²) in [5.41, 5.74) is 0. The summed E-state index contributed by atoms with van der Waals surface area (Å²) in [5, 5.41) is 20.1. The molecule has 1 aromatic rings. The van der Waals surface area contributed by atoms with Gasteiger partial charge in [-0.15, -0.1) is 11.3 Å². The van der Waals surface area contributed by atoms with Gasteiger partial charge >= 0.3 is 0 Å². The van der Waals surface area contributed by atoms with Crippen LogP contribution in [-0.2, 0) is 6.54 Å². The first-order valence-electron chi connectivity index (χ1n) is 7.68. The number of likely N-dealkylation sites (tertiary alicyclic amines) is 2. The van der Waals surface area contributed by atoms with Crippen molar-refractivity contribution in [3.8, 4) is 0 Å². The third-order valence-corrected chi connectivity index (χ3v) is 5.82. The molecule has 0 bridgehead atoms. The first kappa shape index (κ1) is 15.7. The van der Waals surface area contributed by atoms with Gasteiger partial charge in [0, 0.05) is 43.6 Å². The highest BCUT2D eigenvalue weighted by molar-refractivity contribution is 7.16. The molecule has 4 nitrogen and oxygen atoms in total. The van der Waals surface area contributed by atoms with Crippen LogP contribution < -0.4 is 0 Å². The molecule has 2 fully saturated rings. The van der Waals surface area contributed by atoms with Gasteiger partial charge in [0.05, 0.1) is 16.5 Å². The molecular weight excluding hydrogens is 308 g/mol. The van der Waals surface area contributed by atoms with Crippen molar-refractivity contribution < 1.29 is 10.2 Å². The molecule has 6 heteroatoms. The maximum absolute atomic E-state index is 10.5. The number of nitrogens with zero attached hydrogens (tertiary/aromatic N) is 2. The van der Waals surface area contributed by atoms with Crippen LogP contribution in [0.15, 0.2) is 12.1 Å². The molecule has 0 spiro atoms. The predicted molar refractivity (Wildman–Crippen MR) is 85.8 cm³/mol. The van der Waals surface area contributed by atoms with E-state index in [1.165, 1.54) is 4.88 Å². The van der Waals surface area contributed by atoms with Gasteiger partial charge in [-0.2, -0.15) is 0 Å². The van der Waals surface area contributed by atoms with Crippen LogP contribution in [0.25, 0.3) is 0 Å². The number of thiophene rings is 1. The van der Waals surface area contributed by atoms with Crippen molar-refractivity contribution in [2.75, 3.05) is 26.2 Å². The molecule has 0 saturated carbocycles. The molecule has 0 amide bonds. The van der Waals surface area contributed by atoms with Crippen LogP contribution in [0.2, 0.25) is 4.34 Å². The maximum atomic E-state index is 10.5. The van der Waals surface area contributed by atoms with E-state index in [-0.39, 0.29) is 18.2 Å². The van der Waals surface area contributed by atoms with Crippen LogP contribution in [-0.4, -0.2) is 64.4 Å². The van der Waals surface area contributed by atoms with Crippen LogP contribution in [0.3, 0.4) is 0 Å². The van der Waals surface area contributed by atoms with E-state index in [0.717, 1.165) is 56.3 Å².